The molecule has 0 aliphatic heterocycles. The van der Waals surface area contributed by atoms with E-state index in [4.69, 9.17) is 0 Å². The SMILES string of the molecule is CC(C)(C)CSCc1cccs1. The smallest absolute Gasteiger partial charge is 0.0279 e. The van der Waals surface area contributed by atoms with Gasteiger partial charge in [-0.05, 0) is 22.6 Å². The summed E-state index contributed by atoms with van der Waals surface area (Å²) in [5, 5.41) is 2.15. The Labute approximate surface area is 83.4 Å². The lowest BCUT2D eigenvalue weighted by molar-refractivity contribution is 0.481. The van der Waals surface area contributed by atoms with Crippen LogP contribution in [0.2, 0.25) is 0 Å². The van der Waals surface area contributed by atoms with Crippen LogP contribution in [0.4, 0.5) is 0 Å². The van der Waals surface area contributed by atoms with Crippen molar-refractivity contribution in [2.75, 3.05) is 5.75 Å². The second-order valence-corrected chi connectivity index (χ2v) is 6.15. The Bertz CT molecular complexity index is 206. The maximum Gasteiger partial charge on any atom is 0.0279 e. The van der Waals surface area contributed by atoms with Crippen molar-refractivity contribution in [2.45, 2.75) is 26.5 Å². The predicted molar refractivity (Wildman–Crippen MR) is 59.9 cm³/mol. The molecule has 12 heavy (non-hydrogen) atoms. The summed E-state index contributed by atoms with van der Waals surface area (Å²) in [5.41, 5.74) is 0.460. The lowest BCUT2D eigenvalue weighted by Gasteiger charge is -2.16. The average Bonchev–Trinajstić information content (AvgIpc) is 2.36. The molecule has 1 rings (SSSR count). The third-order valence-electron chi connectivity index (χ3n) is 1.36. The predicted octanol–water partition coefficient (Wildman–Crippen LogP) is 4.03. The minimum atomic E-state index is 0.460. The van der Waals surface area contributed by atoms with Crippen LogP contribution in [-0.2, 0) is 5.75 Å². The van der Waals surface area contributed by atoms with E-state index in [-0.39, 0.29) is 0 Å². The van der Waals surface area contributed by atoms with Gasteiger partial charge in [-0.2, -0.15) is 11.8 Å². The van der Waals surface area contributed by atoms with E-state index in [0.29, 0.717) is 5.41 Å². The summed E-state index contributed by atoms with van der Waals surface area (Å²) in [7, 11) is 0. The van der Waals surface area contributed by atoms with Gasteiger partial charge in [-0.3, -0.25) is 0 Å². The summed E-state index contributed by atoms with van der Waals surface area (Å²) in [4.78, 5) is 1.49. The molecule has 0 aliphatic carbocycles. The molecule has 0 aliphatic rings. The largest absolute Gasteiger partial charge is 0.156 e. The molecule has 1 aromatic rings. The van der Waals surface area contributed by atoms with Crippen molar-refractivity contribution in [1.29, 1.82) is 0 Å². The fourth-order valence-electron chi connectivity index (χ4n) is 0.853. The Hall–Kier alpha value is 0.0500. The van der Waals surface area contributed by atoms with Crippen molar-refractivity contribution in [3.63, 3.8) is 0 Å². The van der Waals surface area contributed by atoms with Gasteiger partial charge in [-0.15, -0.1) is 11.3 Å². The van der Waals surface area contributed by atoms with E-state index in [9.17, 15) is 0 Å². The fraction of sp³-hybridized carbons (Fsp3) is 0.600. The minimum Gasteiger partial charge on any atom is -0.156 e. The summed E-state index contributed by atoms with van der Waals surface area (Å²) in [6.45, 7) is 6.86. The van der Waals surface area contributed by atoms with Gasteiger partial charge in [0.1, 0.15) is 0 Å². The molecular weight excluding hydrogens is 184 g/mol. The highest BCUT2D eigenvalue weighted by Crippen LogP contribution is 2.24. The summed E-state index contributed by atoms with van der Waals surface area (Å²) in [6.07, 6.45) is 0. The molecule has 0 nitrogen and oxygen atoms in total. The second-order valence-electron chi connectivity index (χ2n) is 4.13. The first-order valence-corrected chi connectivity index (χ1v) is 6.21. The Kier molecular flexibility index (Phi) is 3.66. The van der Waals surface area contributed by atoms with Crippen LogP contribution >= 0.6 is 23.1 Å². The molecule has 0 bridgehead atoms. The third kappa shape index (κ3) is 4.17. The quantitative estimate of drug-likeness (QED) is 0.710. The summed E-state index contributed by atoms with van der Waals surface area (Å²) in [5.74, 6) is 2.42. The van der Waals surface area contributed by atoms with Crippen LogP contribution in [0, 0.1) is 5.41 Å². The van der Waals surface area contributed by atoms with E-state index in [1.54, 1.807) is 0 Å². The zero-order valence-corrected chi connectivity index (χ0v) is 9.60. The van der Waals surface area contributed by atoms with E-state index in [0.717, 1.165) is 0 Å². The molecule has 1 aromatic heterocycles. The van der Waals surface area contributed by atoms with Gasteiger partial charge >= 0.3 is 0 Å². The highest BCUT2D eigenvalue weighted by Gasteiger charge is 2.09. The lowest BCUT2D eigenvalue weighted by atomic mass is 10.0. The molecule has 0 atom stereocenters. The molecule has 0 spiro atoms. The minimum absolute atomic E-state index is 0.460. The maximum absolute atomic E-state index is 2.29. The zero-order valence-electron chi connectivity index (χ0n) is 7.96. The van der Waals surface area contributed by atoms with Crippen LogP contribution in [0.25, 0.3) is 0 Å². The molecule has 68 valence electrons. The average molecular weight is 200 g/mol. The number of hydrogen-bond donors (Lipinski definition) is 0. The van der Waals surface area contributed by atoms with E-state index >= 15 is 0 Å². The first kappa shape index (κ1) is 10.1. The molecule has 1 heterocycles. The Balaban J connectivity index is 2.20. The molecular formula is C10H16S2. The van der Waals surface area contributed by atoms with Crippen LogP contribution in [-0.4, -0.2) is 5.75 Å². The van der Waals surface area contributed by atoms with Gasteiger partial charge in [-0.1, -0.05) is 26.8 Å². The topological polar surface area (TPSA) is 0 Å². The van der Waals surface area contributed by atoms with Crippen LogP contribution in [0.15, 0.2) is 17.5 Å². The molecule has 0 aromatic carbocycles. The maximum atomic E-state index is 2.29. The summed E-state index contributed by atoms with van der Waals surface area (Å²) >= 11 is 3.88. The third-order valence-corrected chi connectivity index (χ3v) is 4.00. The van der Waals surface area contributed by atoms with E-state index in [1.165, 1.54) is 16.4 Å². The normalized spacial score (nSPS) is 11.9. The fourth-order valence-corrected chi connectivity index (χ4v) is 2.88. The van der Waals surface area contributed by atoms with Gasteiger partial charge in [0.2, 0.25) is 0 Å². The van der Waals surface area contributed by atoms with Crippen LogP contribution in [0.5, 0.6) is 0 Å². The van der Waals surface area contributed by atoms with E-state index < -0.39 is 0 Å². The number of hydrogen-bond acceptors (Lipinski definition) is 2. The van der Waals surface area contributed by atoms with Gasteiger partial charge < -0.3 is 0 Å². The Morgan fingerprint density at radius 1 is 1.42 bits per heavy atom. The Morgan fingerprint density at radius 3 is 2.67 bits per heavy atom. The van der Waals surface area contributed by atoms with Crippen molar-refractivity contribution in [3.8, 4) is 0 Å². The highest BCUT2D eigenvalue weighted by molar-refractivity contribution is 7.98. The summed E-state index contributed by atoms with van der Waals surface area (Å²) in [6, 6.07) is 4.33. The van der Waals surface area contributed by atoms with Crippen molar-refractivity contribution in [1.82, 2.24) is 0 Å². The van der Waals surface area contributed by atoms with Crippen molar-refractivity contribution < 1.29 is 0 Å². The van der Waals surface area contributed by atoms with Gasteiger partial charge in [0.25, 0.3) is 0 Å². The molecule has 0 unspecified atom stereocenters. The second kappa shape index (κ2) is 4.33. The van der Waals surface area contributed by atoms with Crippen molar-refractivity contribution in [2.24, 2.45) is 5.41 Å². The molecule has 2 heteroatoms. The van der Waals surface area contributed by atoms with Crippen molar-refractivity contribution >= 4 is 23.1 Å². The molecule has 0 N–H and O–H groups in total. The van der Waals surface area contributed by atoms with Gasteiger partial charge in [-0.25, -0.2) is 0 Å². The molecule has 0 fully saturated rings. The van der Waals surface area contributed by atoms with Gasteiger partial charge in [0, 0.05) is 10.6 Å². The first-order chi connectivity index (χ1) is 5.58. The first-order valence-electron chi connectivity index (χ1n) is 4.18. The van der Waals surface area contributed by atoms with E-state index in [1.807, 2.05) is 23.1 Å². The number of rotatable bonds is 3. The highest BCUT2D eigenvalue weighted by atomic mass is 32.2. The van der Waals surface area contributed by atoms with Gasteiger partial charge in [0.05, 0.1) is 0 Å². The van der Waals surface area contributed by atoms with Crippen LogP contribution in [0.3, 0.4) is 0 Å². The standard InChI is InChI=1S/C10H16S2/c1-10(2,3)8-11-7-9-5-4-6-12-9/h4-6H,7-8H2,1-3H3. The monoisotopic (exact) mass is 200 g/mol. The molecule has 0 radical (unpaired) electrons. The number of thioether (sulfide) groups is 1. The molecule has 0 saturated heterocycles. The number of thiophene rings is 1. The van der Waals surface area contributed by atoms with E-state index in [2.05, 4.69) is 38.3 Å². The lowest BCUT2D eigenvalue weighted by Crippen LogP contribution is -2.08. The van der Waals surface area contributed by atoms with Crippen molar-refractivity contribution in [3.05, 3.63) is 22.4 Å². The molecule has 0 amide bonds. The van der Waals surface area contributed by atoms with Gasteiger partial charge in [0.15, 0.2) is 0 Å². The summed E-state index contributed by atoms with van der Waals surface area (Å²) < 4.78 is 0. The van der Waals surface area contributed by atoms with Crippen LogP contribution < -0.4 is 0 Å². The Morgan fingerprint density at radius 2 is 2.17 bits per heavy atom. The zero-order chi connectivity index (χ0) is 9.03. The van der Waals surface area contributed by atoms with Crippen LogP contribution in [0.1, 0.15) is 25.6 Å². The molecule has 0 saturated carbocycles.